The van der Waals surface area contributed by atoms with E-state index in [1.54, 1.807) is 0 Å². The molecule has 3 heteroatoms. The Morgan fingerprint density at radius 2 is 2.00 bits per heavy atom. The van der Waals surface area contributed by atoms with Crippen molar-refractivity contribution in [3.8, 4) is 17.6 Å². The maximum absolute atomic E-state index is 6.23. The smallest absolute Gasteiger partial charge is 0.135 e. The summed E-state index contributed by atoms with van der Waals surface area (Å²) in [5, 5.41) is 0. The summed E-state index contributed by atoms with van der Waals surface area (Å²) in [6.07, 6.45) is 1.56. The number of halogens is 1. The summed E-state index contributed by atoms with van der Waals surface area (Å²) in [6.45, 7) is 8.36. The Kier molecular flexibility index (Phi) is 4.86. The Morgan fingerprint density at radius 1 is 1.29 bits per heavy atom. The molecule has 0 bridgehead atoms. The van der Waals surface area contributed by atoms with Gasteiger partial charge in [-0.3, -0.25) is 0 Å². The van der Waals surface area contributed by atoms with Crippen LogP contribution in [0.15, 0.2) is 24.3 Å². The zero-order valence-corrected chi connectivity index (χ0v) is 14.0. The van der Waals surface area contributed by atoms with Crippen LogP contribution in [0.3, 0.4) is 0 Å². The molecule has 0 N–H and O–H groups in total. The van der Waals surface area contributed by atoms with Crippen molar-refractivity contribution in [2.45, 2.75) is 57.8 Å². The molecular weight excluding hydrogens is 284 g/mol. The van der Waals surface area contributed by atoms with E-state index in [0.717, 1.165) is 17.7 Å². The molecule has 1 heterocycles. The molecule has 2 nitrogen and oxygen atoms in total. The van der Waals surface area contributed by atoms with Crippen molar-refractivity contribution in [2.24, 2.45) is 0 Å². The number of hydrogen-bond acceptors (Lipinski definition) is 2. The van der Waals surface area contributed by atoms with Gasteiger partial charge in [0.25, 0.3) is 0 Å². The highest BCUT2D eigenvalue weighted by molar-refractivity contribution is 6.18. The molecule has 1 aliphatic heterocycles. The van der Waals surface area contributed by atoms with E-state index in [2.05, 4.69) is 39.5 Å². The van der Waals surface area contributed by atoms with Crippen molar-refractivity contribution >= 4 is 11.6 Å². The number of ether oxygens (including phenoxy) is 2. The molecule has 1 atom stereocenters. The molecule has 2 rings (SSSR count). The Hall–Kier alpha value is -1.17. The highest BCUT2D eigenvalue weighted by Crippen LogP contribution is 2.39. The van der Waals surface area contributed by atoms with E-state index in [-0.39, 0.29) is 17.3 Å². The minimum Gasteiger partial charge on any atom is -0.486 e. The van der Waals surface area contributed by atoms with Crippen LogP contribution in [0.2, 0.25) is 0 Å². The zero-order chi connectivity index (χ0) is 15.5. The van der Waals surface area contributed by atoms with Crippen molar-refractivity contribution in [1.29, 1.82) is 0 Å². The molecule has 0 aliphatic carbocycles. The first-order valence-corrected chi connectivity index (χ1v) is 7.88. The Labute approximate surface area is 132 Å². The topological polar surface area (TPSA) is 18.5 Å². The van der Waals surface area contributed by atoms with Crippen LogP contribution in [0.5, 0.6) is 5.75 Å². The van der Waals surface area contributed by atoms with Gasteiger partial charge in [-0.05, 0) is 39.8 Å². The van der Waals surface area contributed by atoms with Gasteiger partial charge < -0.3 is 9.47 Å². The number of benzene rings is 1. The second-order valence-corrected chi connectivity index (χ2v) is 6.89. The largest absolute Gasteiger partial charge is 0.486 e. The normalized spacial score (nSPS) is 22.4. The van der Waals surface area contributed by atoms with Gasteiger partial charge in [0.15, 0.2) is 0 Å². The van der Waals surface area contributed by atoms with E-state index in [4.69, 9.17) is 21.1 Å². The van der Waals surface area contributed by atoms with Crippen molar-refractivity contribution in [2.75, 3.05) is 5.88 Å². The fourth-order valence-electron chi connectivity index (χ4n) is 2.73. The predicted molar refractivity (Wildman–Crippen MR) is 86.9 cm³/mol. The number of alkyl halides is 1. The van der Waals surface area contributed by atoms with Crippen molar-refractivity contribution in [3.63, 3.8) is 0 Å². The lowest BCUT2D eigenvalue weighted by Crippen LogP contribution is -2.36. The lowest BCUT2D eigenvalue weighted by molar-refractivity contribution is -0.0846. The first kappa shape index (κ1) is 16.2. The predicted octanol–water partition coefficient (Wildman–Crippen LogP) is 4.39. The molecule has 0 amide bonds. The first-order valence-electron chi connectivity index (χ1n) is 7.35. The zero-order valence-electron chi connectivity index (χ0n) is 13.2. The average Bonchev–Trinajstić information content (AvgIpc) is 2.59. The van der Waals surface area contributed by atoms with Gasteiger partial charge in [0, 0.05) is 18.7 Å². The van der Waals surface area contributed by atoms with Crippen molar-refractivity contribution in [1.82, 2.24) is 0 Å². The summed E-state index contributed by atoms with van der Waals surface area (Å²) in [4.78, 5) is 0. The monoisotopic (exact) mass is 306 g/mol. The van der Waals surface area contributed by atoms with E-state index in [0.29, 0.717) is 12.3 Å². The van der Waals surface area contributed by atoms with Crippen LogP contribution < -0.4 is 4.74 Å². The third kappa shape index (κ3) is 4.15. The van der Waals surface area contributed by atoms with E-state index in [1.165, 1.54) is 0 Å². The van der Waals surface area contributed by atoms with Gasteiger partial charge >= 0.3 is 0 Å². The quantitative estimate of drug-likeness (QED) is 0.609. The van der Waals surface area contributed by atoms with E-state index >= 15 is 0 Å². The maximum atomic E-state index is 6.23. The Morgan fingerprint density at radius 3 is 2.62 bits per heavy atom. The first-order chi connectivity index (χ1) is 9.84. The highest BCUT2D eigenvalue weighted by atomic mass is 35.5. The van der Waals surface area contributed by atoms with E-state index in [1.807, 2.05) is 24.3 Å². The molecule has 1 fully saturated rings. The fourth-order valence-corrected chi connectivity index (χ4v) is 2.82. The van der Waals surface area contributed by atoms with Gasteiger partial charge in [0.2, 0.25) is 0 Å². The van der Waals surface area contributed by atoms with Crippen LogP contribution in [-0.4, -0.2) is 23.2 Å². The SMILES string of the molecule is CC1(C)CC(Oc2ccccc2C#CCCCl)C(C)(C)O1. The minimum absolute atomic E-state index is 0.0171. The Balaban J connectivity index is 2.19. The average molecular weight is 307 g/mol. The van der Waals surface area contributed by atoms with Gasteiger partial charge in [0.1, 0.15) is 17.5 Å². The summed E-state index contributed by atoms with van der Waals surface area (Å²) in [7, 11) is 0. The number of hydrogen-bond donors (Lipinski definition) is 0. The van der Waals surface area contributed by atoms with Crippen molar-refractivity contribution < 1.29 is 9.47 Å². The summed E-state index contributed by atoms with van der Waals surface area (Å²) < 4.78 is 12.3. The third-order valence-corrected chi connectivity index (χ3v) is 3.78. The summed E-state index contributed by atoms with van der Waals surface area (Å²) in [5.41, 5.74) is 0.441. The van der Waals surface area contributed by atoms with Gasteiger partial charge in [-0.2, -0.15) is 0 Å². The molecule has 1 aliphatic rings. The van der Waals surface area contributed by atoms with Crippen LogP contribution in [0.25, 0.3) is 0 Å². The van der Waals surface area contributed by atoms with Crippen LogP contribution in [0, 0.1) is 11.8 Å². The standard InChI is InChI=1S/C18H23ClO2/c1-17(2)13-16(18(3,4)21-17)20-15-11-6-5-9-14(15)10-7-8-12-19/h5-6,9,11,16H,8,12-13H2,1-4H3. The summed E-state index contributed by atoms with van der Waals surface area (Å²) in [5.74, 6) is 7.56. The minimum atomic E-state index is -0.305. The molecule has 1 aromatic carbocycles. The summed E-state index contributed by atoms with van der Waals surface area (Å²) in [6, 6.07) is 7.88. The van der Waals surface area contributed by atoms with Gasteiger partial charge in [-0.15, -0.1) is 11.6 Å². The highest BCUT2D eigenvalue weighted by Gasteiger charge is 2.47. The third-order valence-electron chi connectivity index (χ3n) is 3.59. The second kappa shape index (κ2) is 6.30. The van der Waals surface area contributed by atoms with Crippen LogP contribution in [0.4, 0.5) is 0 Å². The molecule has 1 saturated heterocycles. The van der Waals surface area contributed by atoms with Crippen LogP contribution >= 0.6 is 11.6 Å². The van der Waals surface area contributed by atoms with Crippen LogP contribution in [0.1, 0.15) is 46.1 Å². The molecule has 0 radical (unpaired) electrons. The molecule has 0 aromatic heterocycles. The second-order valence-electron chi connectivity index (χ2n) is 6.51. The van der Waals surface area contributed by atoms with E-state index in [9.17, 15) is 0 Å². The molecular formula is C18H23ClO2. The fraction of sp³-hybridized carbons (Fsp3) is 0.556. The Bertz CT molecular complexity index is 552. The molecule has 21 heavy (non-hydrogen) atoms. The molecule has 114 valence electrons. The molecule has 0 saturated carbocycles. The number of para-hydroxylation sites is 1. The molecule has 1 aromatic rings. The van der Waals surface area contributed by atoms with Gasteiger partial charge in [-0.1, -0.05) is 24.0 Å². The lowest BCUT2D eigenvalue weighted by Gasteiger charge is -2.27. The van der Waals surface area contributed by atoms with Gasteiger partial charge in [0.05, 0.1) is 11.2 Å². The van der Waals surface area contributed by atoms with Gasteiger partial charge in [-0.25, -0.2) is 0 Å². The maximum Gasteiger partial charge on any atom is 0.135 e. The molecule has 1 unspecified atom stereocenters. The van der Waals surface area contributed by atoms with E-state index < -0.39 is 0 Å². The van der Waals surface area contributed by atoms with Crippen molar-refractivity contribution in [3.05, 3.63) is 29.8 Å². The van der Waals surface area contributed by atoms with Crippen LogP contribution in [-0.2, 0) is 4.74 Å². The summed E-state index contributed by atoms with van der Waals surface area (Å²) >= 11 is 5.66. The molecule has 0 spiro atoms. The number of rotatable bonds is 3. The lowest BCUT2D eigenvalue weighted by atomic mass is 9.97.